The Hall–Kier alpha value is -2.74. The Labute approximate surface area is 155 Å². The molecule has 1 amide bonds. The number of nitrogens with one attached hydrogen (secondary N) is 3. The minimum Gasteiger partial charge on any atom is -0.462 e. The minimum absolute atomic E-state index is 0.0751. The third kappa shape index (κ3) is 4.66. The van der Waals surface area contributed by atoms with Crippen LogP contribution >= 0.6 is 11.6 Å². The van der Waals surface area contributed by atoms with E-state index in [9.17, 15) is 14.4 Å². The van der Waals surface area contributed by atoms with Gasteiger partial charge in [-0.05, 0) is 32.0 Å². The van der Waals surface area contributed by atoms with Gasteiger partial charge in [0.25, 0.3) is 0 Å². The van der Waals surface area contributed by atoms with Crippen LogP contribution < -0.4 is 16.0 Å². The maximum atomic E-state index is 12.5. The predicted octanol–water partition coefficient (Wildman–Crippen LogP) is 1.27. The average Bonchev–Trinajstić information content (AvgIpc) is 3.12. The molecule has 1 aliphatic heterocycles. The molecule has 0 aliphatic carbocycles. The molecule has 1 aliphatic rings. The van der Waals surface area contributed by atoms with Crippen LogP contribution in [0.2, 0.25) is 5.02 Å². The molecule has 0 spiro atoms. The molecule has 3 N–H and O–H groups in total. The average molecular weight is 382 g/mol. The van der Waals surface area contributed by atoms with Crippen LogP contribution in [0, 0.1) is 0 Å². The van der Waals surface area contributed by atoms with Crippen LogP contribution in [-0.4, -0.2) is 44.1 Å². The molecule has 9 heteroatoms. The van der Waals surface area contributed by atoms with E-state index >= 15 is 0 Å². The normalized spacial score (nSPS) is 12.7. The molecule has 0 unspecified atom stereocenters. The number of amides is 1. The van der Waals surface area contributed by atoms with Gasteiger partial charge in [-0.2, -0.15) is 0 Å². The van der Waals surface area contributed by atoms with Gasteiger partial charge in [0.15, 0.2) is 0 Å². The minimum atomic E-state index is -1.02. The van der Waals surface area contributed by atoms with Crippen molar-refractivity contribution in [2.24, 2.45) is 0 Å². The molecule has 1 aromatic carbocycles. The molecular weight excluding hydrogens is 362 g/mol. The van der Waals surface area contributed by atoms with Crippen molar-refractivity contribution in [3.05, 3.63) is 34.6 Å². The Morgan fingerprint density at radius 2 is 1.69 bits per heavy atom. The van der Waals surface area contributed by atoms with Gasteiger partial charge < -0.3 is 25.4 Å². The maximum Gasteiger partial charge on any atom is 0.397 e. The van der Waals surface area contributed by atoms with E-state index < -0.39 is 17.8 Å². The zero-order valence-electron chi connectivity index (χ0n) is 14.5. The van der Waals surface area contributed by atoms with Gasteiger partial charge in [-0.15, -0.1) is 0 Å². The van der Waals surface area contributed by atoms with E-state index in [1.165, 1.54) is 18.2 Å². The molecule has 0 bridgehead atoms. The smallest absolute Gasteiger partial charge is 0.397 e. The lowest BCUT2D eigenvalue weighted by atomic mass is 10.0. The molecule has 0 radical (unpaired) electrons. The van der Waals surface area contributed by atoms with Crippen LogP contribution in [0.3, 0.4) is 0 Å². The monoisotopic (exact) mass is 381 g/mol. The quantitative estimate of drug-likeness (QED) is 0.400. The number of esters is 2. The number of rotatable bonds is 5. The summed E-state index contributed by atoms with van der Waals surface area (Å²) in [7, 11) is 0. The topological polar surface area (TPSA) is 106 Å². The Morgan fingerprint density at radius 3 is 2.31 bits per heavy atom. The molecule has 1 aromatic rings. The number of benzene rings is 1. The van der Waals surface area contributed by atoms with Gasteiger partial charge >= 0.3 is 17.8 Å². The molecule has 1 fully saturated rings. The first-order chi connectivity index (χ1) is 12.5. The fourth-order valence-electron chi connectivity index (χ4n) is 2.37. The second kappa shape index (κ2) is 9.10. The summed E-state index contributed by atoms with van der Waals surface area (Å²) in [6.07, 6.45) is 0. The SMILES string of the molecule is CCOC(=O)C(=O)Nc1ccc(Cl)cc1C(C(=O)OCC)=C1NCCN1. The van der Waals surface area contributed by atoms with E-state index in [-0.39, 0.29) is 24.5 Å². The van der Waals surface area contributed by atoms with E-state index in [1.807, 2.05) is 0 Å². The van der Waals surface area contributed by atoms with Crippen molar-refractivity contribution < 1.29 is 23.9 Å². The first kappa shape index (κ1) is 19.6. The van der Waals surface area contributed by atoms with Gasteiger partial charge in [0.1, 0.15) is 11.4 Å². The van der Waals surface area contributed by atoms with Gasteiger partial charge in [-0.3, -0.25) is 4.79 Å². The standard InChI is InChI=1S/C17H20ClN3O5/c1-3-25-16(23)13(14-19-7-8-20-14)11-9-10(18)5-6-12(11)21-15(22)17(24)26-4-2/h5-6,9,19-20H,3-4,7-8H2,1-2H3,(H,21,22). The zero-order valence-corrected chi connectivity index (χ0v) is 15.2. The highest BCUT2D eigenvalue weighted by molar-refractivity contribution is 6.38. The second-order valence-corrected chi connectivity index (χ2v) is 5.62. The highest BCUT2D eigenvalue weighted by atomic mass is 35.5. The number of carbonyl (C=O) groups is 3. The summed E-state index contributed by atoms with van der Waals surface area (Å²) in [5.41, 5.74) is 0.745. The molecule has 8 nitrogen and oxygen atoms in total. The van der Waals surface area contributed by atoms with Crippen LogP contribution in [0.4, 0.5) is 5.69 Å². The molecule has 0 saturated carbocycles. The molecule has 1 saturated heterocycles. The van der Waals surface area contributed by atoms with Gasteiger partial charge in [-0.1, -0.05) is 11.6 Å². The van der Waals surface area contributed by atoms with E-state index in [2.05, 4.69) is 20.7 Å². The lowest BCUT2D eigenvalue weighted by molar-refractivity contribution is -0.152. The van der Waals surface area contributed by atoms with Gasteiger partial charge in [0.05, 0.1) is 13.2 Å². The molecule has 2 rings (SSSR count). The summed E-state index contributed by atoms with van der Waals surface area (Å²) in [5, 5.41) is 8.93. The number of anilines is 1. The first-order valence-electron chi connectivity index (χ1n) is 8.15. The number of hydrogen-bond donors (Lipinski definition) is 3. The summed E-state index contributed by atoms with van der Waals surface area (Å²) in [6, 6.07) is 4.56. The van der Waals surface area contributed by atoms with Crippen molar-refractivity contribution in [3.63, 3.8) is 0 Å². The summed E-state index contributed by atoms with van der Waals surface area (Å²) >= 11 is 6.08. The third-order valence-corrected chi connectivity index (χ3v) is 3.65. The molecule has 26 heavy (non-hydrogen) atoms. The highest BCUT2D eigenvalue weighted by Crippen LogP contribution is 2.30. The number of ether oxygens (including phenoxy) is 2. The van der Waals surface area contributed by atoms with Crippen molar-refractivity contribution in [3.8, 4) is 0 Å². The first-order valence-corrected chi connectivity index (χ1v) is 8.52. The Kier molecular flexibility index (Phi) is 6.85. The fourth-order valence-corrected chi connectivity index (χ4v) is 2.54. The lowest BCUT2D eigenvalue weighted by Gasteiger charge is -2.16. The fraction of sp³-hybridized carbons (Fsp3) is 0.353. The van der Waals surface area contributed by atoms with Crippen molar-refractivity contribution in [2.45, 2.75) is 13.8 Å². The Bertz CT molecular complexity index is 740. The van der Waals surface area contributed by atoms with Gasteiger partial charge in [-0.25, -0.2) is 9.59 Å². The molecule has 1 heterocycles. The van der Waals surface area contributed by atoms with Crippen LogP contribution in [0.25, 0.3) is 5.57 Å². The van der Waals surface area contributed by atoms with Crippen LogP contribution in [0.1, 0.15) is 19.4 Å². The van der Waals surface area contributed by atoms with Crippen molar-refractivity contribution in [1.29, 1.82) is 0 Å². The van der Waals surface area contributed by atoms with E-state index in [4.69, 9.17) is 16.3 Å². The van der Waals surface area contributed by atoms with Crippen LogP contribution in [0.5, 0.6) is 0 Å². The van der Waals surface area contributed by atoms with Gasteiger partial charge in [0, 0.05) is 29.4 Å². The van der Waals surface area contributed by atoms with Crippen molar-refractivity contribution >= 4 is 40.7 Å². The molecule has 0 aromatic heterocycles. The van der Waals surface area contributed by atoms with Crippen LogP contribution in [-0.2, 0) is 23.9 Å². The zero-order chi connectivity index (χ0) is 19.1. The summed E-state index contributed by atoms with van der Waals surface area (Å²) < 4.78 is 9.81. The summed E-state index contributed by atoms with van der Waals surface area (Å²) in [6.45, 7) is 4.80. The summed E-state index contributed by atoms with van der Waals surface area (Å²) in [5.74, 6) is -2.08. The van der Waals surface area contributed by atoms with Crippen LogP contribution in [0.15, 0.2) is 24.0 Å². The predicted molar refractivity (Wildman–Crippen MR) is 96.3 cm³/mol. The van der Waals surface area contributed by atoms with Gasteiger partial charge in [0.2, 0.25) is 0 Å². The second-order valence-electron chi connectivity index (χ2n) is 5.19. The maximum absolute atomic E-state index is 12.5. The van der Waals surface area contributed by atoms with E-state index in [0.29, 0.717) is 29.5 Å². The number of carbonyl (C=O) groups excluding carboxylic acids is 3. The summed E-state index contributed by atoms with van der Waals surface area (Å²) in [4.78, 5) is 36.1. The largest absolute Gasteiger partial charge is 0.462 e. The number of halogens is 1. The molecule has 0 atom stereocenters. The van der Waals surface area contributed by atoms with Crippen molar-refractivity contribution in [2.75, 3.05) is 31.6 Å². The highest BCUT2D eigenvalue weighted by Gasteiger charge is 2.26. The Balaban J connectivity index is 2.46. The lowest BCUT2D eigenvalue weighted by Crippen LogP contribution is -2.26. The molecule has 140 valence electrons. The Morgan fingerprint density at radius 1 is 1.08 bits per heavy atom. The number of hydrogen-bond acceptors (Lipinski definition) is 7. The molecular formula is C17H20ClN3O5. The van der Waals surface area contributed by atoms with E-state index in [1.54, 1.807) is 13.8 Å². The third-order valence-electron chi connectivity index (χ3n) is 3.42. The van der Waals surface area contributed by atoms with E-state index in [0.717, 1.165) is 0 Å². The van der Waals surface area contributed by atoms with Crippen molar-refractivity contribution in [1.82, 2.24) is 10.6 Å².